The molecule has 0 radical (unpaired) electrons. The lowest BCUT2D eigenvalue weighted by Crippen LogP contribution is -2.60. The van der Waals surface area contributed by atoms with Crippen molar-refractivity contribution in [2.75, 3.05) is 39.8 Å². The molecule has 154 valence electrons. The van der Waals surface area contributed by atoms with Crippen LogP contribution in [0.1, 0.15) is 57.8 Å². The van der Waals surface area contributed by atoms with E-state index < -0.39 is 5.79 Å². The number of piperazine rings is 1. The van der Waals surface area contributed by atoms with Crippen molar-refractivity contribution in [3.05, 3.63) is 0 Å². The number of hydrogen-bond acceptors (Lipinski definition) is 5. The predicted octanol–water partition coefficient (Wildman–Crippen LogP) is 3.20. The fourth-order valence-corrected chi connectivity index (χ4v) is 7.16. The van der Waals surface area contributed by atoms with Crippen molar-refractivity contribution in [2.24, 2.45) is 29.6 Å². The SMILES string of the molecule is COC1(OOC2CCC(CN3CCNCC3)CC2)C2CC3CC(C2)CC1C3. The highest BCUT2D eigenvalue weighted by Crippen LogP contribution is 2.60. The van der Waals surface area contributed by atoms with Crippen molar-refractivity contribution in [3.63, 3.8) is 0 Å². The predicted molar refractivity (Wildman–Crippen MR) is 104 cm³/mol. The first-order chi connectivity index (χ1) is 13.2. The van der Waals surface area contributed by atoms with Crippen LogP contribution in [0.5, 0.6) is 0 Å². The van der Waals surface area contributed by atoms with Crippen molar-refractivity contribution >= 4 is 0 Å². The van der Waals surface area contributed by atoms with E-state index in [1.807, 2.05) is 7.11 Å². The molecule has 1 aliphatic heterocycles. The molecule has 5 nitrogen and oxygen atoms in total. The minimum atomic E-state index is -0.453. The maximum Gasteiger partial charge on any atom is 0.207 e. The number of rotatable bonds is 6. The summed E-state index contributed by atoms with van der Waals surface area (Å²) >= 11 is 0. The van der Waals surface area contributed by atoms with Crippen molar-refractivity contribution < 1.29 is 14.5 Å². The number of ether oxygens (including phenoxy) is 1. The molecule has 6 aliphatic rings. The van der Waals surface area contributed by atoms with Crippen LogP contribution >= 0.6 is 0 Å². The van der Waals surface area contributed by atoms with Crippen LogP contribution in [0, 0.1) is 29.6 Å². The standard InChI is InChI=1S/C22H38N2O3/c1-25-22(19-11-17-10-18(13-19)14-20(22)12-17)27-26-21-4-2-16(3-5-21)15-24-8-6-23-7-9-24/h16-21,23H,2-15H2,1H3. The molecule has 5 heteroatoms. The quantitative estimate of drug-likeness (QED) is 0.437. The second-order valence-corrected chi connectivity index (χ2v) is 10.1. The van der Waals surface area contributed by atoms with Crippen molar-refractivity contribution in [2.45, 2.75) is 69.7 Å². The number of nitrogens with one attached hydrogen (secondary N) is 1. The molecule has 0 aromatic heterocycles. The fraction of sp³-hybridized carbons (Fsp3) is 1.00. The lowest BCUT2D eigenvalue weighted by molar-refractivity contribution is -0.486. The molecular weight excluding hydrogens is 340 g/mol. The van der Waals surface area contributed by atoms with Crippen molar-refractivity contribution in [3.8, 4) is 0 Å². The maximum atomic E-state index is 6.24. The zero-order valence-electron chi connectivity index (χ0n) is 17.0. The van der Waals surface area contributed by atoms with Gasteiger partial charge in [0.15, 0.2) is 0 Å². The molecule has 6 rings (SSSR count). The first-order valence-electron chi connectivity index (χ1n) is 11.6. The molecule has 5 aliphatic carbocycles. The Morgan fingerprint density at radius 2 is 1.52 bits per heavy atom. The van der Waals surface area contributed by atoms with E-state index in [4.69, 9.17) is 14.5 Å². The molecule has 0 aromatic carbocycles. The lowest BCUT2D eigenvalue weighted by Gasteiger charge is -2.58. The molecule has 1 N–H and O–H groups in total. The van der Waals surface area contributed by atoms with Crippen LogP contribution < -0.4 is 5.32 Å². The summed E-state index contributed by atoms with van der Waals surface area (Å²) in [6, 6.07) is 0. The van der Waals surface area contributed by atoms with E-state index in [0.29, 0.717) is 11.8 Å². The smallest absolute Gasteiger partial charge is 0.207 e. The fourth-order valence-electron chi connectivity index (χ4n) is 7.16. The van der Waals surface area contributed by atoms with Crippen molar-refractivity contribution in [1.29, 1.82) is 0 Å². The van der Waals surface area contributed by atoms with Crippen LogP contribution in [-0.2, 0) is 14.5 Å². The van der Waals surface area contributed by atoms with Crippen LogP contribution in [0.2, 0.25) is 0 Å². The average Bonchev–Trinajstić information content (AvgIpc) is 2.70. The molecule has 5 saturated carbocycles. The van der Waals surface area contributed by atoms with Gasteiger partial charge in [-0.25, -0.2) is 9.78 Å². The van der Waals surface area contributed by atoms with Gasteiger partial charge in [0.1, 0.15) is 0 Å². The number of nitrogens with zero attached hydrogens (tertiary/aromatic N) is 1. The summed E-state index contributed by atoms with van der Waals surface area (Å²) in [5.74, 6) is 3.30. The molecular formula is C22H38N2O3. The van der Waals surface area contributed by atoms with E-state index in [2.05, 4.69) is 10.2 Å². The van der Waals surface area contributed by atoms with Gasteiger partial charge < -0.3 is 15.0 Å². The molecule has 1 saturated heterocycles. The zero-order valence-corrected chi connectivity index (χ0v) is 17.0. The molecule has 6 fully saturated rings. The van der Waals surface area contributed by atoms with E-state index in [1.54, 1.807) is 0 Å². The van der Waals surface area contributed by atoms with Gasteiger partial charge in [-0.15, -0.1) is 0 Å². The summed E-state index contributed by atoms with van der Waals surface area (Å²) < 4.78 is 6.07. The second-order valence-electron chi connectivity index (χ2n) is 10.1. The van der Waals surface area contributed by atoms with Gasteiger partial charge in [0.25, 0.3) is 0 Å². The summed E-state index contributed by atoms with van der Waals surface area (Å²) in [6.07, 6.45) is 11.6. The van der Waals surface area contributed by atoms with Crippen LogP contribution in [0.25, 0.3) is 0 Å². The Morgan fingerprint density at radius 3 is 2.11 bits per heavy atom. The largest absolute Gasteiger partial charge is 0.350 e. The molecule has 0 amide bonds. The molecule has 0 atom stereocenters. The third kappa shape index (κ3) is 3.71. The topological polar surface area (TPSA) is 43.0 Å². The van der Waals surface area contributed by atoms with Gasteiger partial charge in [0.05, 0.1) is 6.10 Å². The van der Waals surface area contributed by atoms with Crippen LogP contribution in [-0.4, -0.2) is 56.6 Å². The summed E-state index contributed by atoms with van der Waals surface area (Å²) in [6.45, 7) is 5.98. The molecule has 0 spiro atoms. The minimum absolute atomic E-state index is 0.258. The van der Waals surface area contributed by atoms with Gasteiger partial charge in [-0.2, -0.15) is 0 Å². The highest BCUT2D eigenvalue weighted by molar-refractivity contribution is 5.03. The van der Waals surface area contributed by atoms with Gasteiger partial charge in [-0.1, -0.05) is 0 Å². The second kappa shape index (κ2) is 7.91. The average molecular weight is 379 g/mol. The Hall–Kier alpha value is -0.200. The molecule has 4 bridgehead atoms. The van der Waals surface area contributed by atoms with Gasteiger partial charge in [-0.3, -0.25) is 0 Å². The van der Waals surface area contributed by atoms with Crippen LogP contribution in [0.4, 0.5) is 0 Å². The normalized spacial score (nSPS) is 47.4. The first kappa shape index (κ1) is 18.8. The molecule has 27 heavy (non-hydrogen) atoms. The molecule has 0 unspecified atom stereocenters. The van der Waals surface area contributed by atoms with Gasteiger partial charge >= 0.3 is 0 Å². The summed E-state index contributed by atoms with van der Waals surface area (Å²) in [5.41, 5.74) is 0. The van der Waals surface area contributed by atoms with Gasteiger partial charge in [0, 0.05) is 51.7 Å². The van der Waals surface area contributed by atoms with E-state index in [1.165, 1.54) is 64.6 Å². The Morgan fingerprint density at radius 1 is 0.889 bits per heavy atom. The lowest BCUT2D eigenvalue weighted by atomic mass is 9.53. The maximum absolute atomic E-state index is 6.24. The number of hydrogen-bond donors (Lipinski definition) is 1. The number of methoxy groups -OCH3 is 1. The zero-order chi connectivity index (χ0) is 18.3. The molecule has 1 heterocycles. The Balaban J connectivity index is 1.11. The minimum Gasteiger partial charge on any atom is -0.350 e. The molecule has 0 aromatic rings. The first-order valence-corrected chi connectivity index (χ1v) is 11.6. The summed E-state index contributed by atoms with van der Waals surface area (Å²) in [7, 11) is 1.84. The van der Waals surface area contributed by atoms with E-state index in [-0.39, 0.29) is 6.10 Å². The van der Waals surface area contributed by atoms with E-state index in [0.717, 1.165) is 43.7 Å². The van der Waals surface area contributed by atoms with Crippen LogP contribution in [0.15, 0.2) is 0 Å². The Kier molecular flexibility index (Phi) is 5.51. The van der Waals surface area contributed by atoms with Crippen molar-refractivity contribution in [1.82, 2.24) is 10.2 Å². The highest BCUT2D eigenvalue weighted by atomic mass is 17.2. The Bertz CT molecular complexity index is 472. The Labute approximate surface area is 164 Å². The highest BCUT2D eigenvalue weighted by Gasteiger charge is 2.60. The van der Waals surface area contributed by atoms with Gasteiger partial charge in [0.2, 0.25) is 5.79 Å². The third-order valence-electron chi connectivity index (χ3n) is 8.43. The third-order valence-corrected chi connectivity index (χ3v) is 8.43. The van der Waals surface area contributed by atoms with Crippen LogP contribution in [0.3, 0.4) is 0 Å². The van der Waals surface area contributed by atoms with E-state index in [9.17, 15) is 0 Å². The summed E-state index contributed by atoms with van der Waals surface area (Å²) in [5, 5.41) is 3.45. The summed E-state index contributed by atoms with van der Waals surface area (Å²) in [4.78, 5) is 15.0. The van der Waals surface area contributed by atoms with Gasteiger partial charge in [-0.05, 0) is 75.5 Å². The van der Waals surface area contributed by atoms with E-state index >= 15 is 0 Å². The monoisotopic (exact) mass is 378 g/mol.